The molecule has 101 heavy (non-hydrogen) atoms. The molecule has 0 saturated heterocycles. The maximum atomic E-state index is 14.4. The summed E-state index contributed by atoms with van der Waals surface area (Å²) >= 11 is 9.56. The molecule has 8 aromatic carbocycles. The molecule has 0 unspecified atom stereocenters. The lowest BCUT2D eigenvalue weighted by molar-refractivity contribution is 0.0995. The van der Waals surface area contributed by atoms with Crippen LogP contribution in [0.5, 0.6) is 0 Å². The van der Waals surface area contributed by atoms with Gasteiger partial charge in [0.25, 0.3) is 0 Å². The minimum absolute atomic E-state index is 0.00961. The van der Waals surface area contributed by atoms with Crippen LogP contribution in [0.3, 0.4) is 0 Å². The third-order valence-corrected chi connectivity index (χ3v) is 16.7. The molecule has 0 amide bonds. The van der Waals surface area contributed by atoms with Crippen LogP contribution in [0, 0.1) is 41.8 Å². The van der Waals surface area contributed by atoms with Crippen LogP contribution in [0.1, 0.15) is 144 Å². The predicted molar refractivity (Wildman–Crippen MR) is 366 cm³/mol. The van der Waals surface area contributed by atoms with Gasteiger partial charge in [-0.3, -0.25) is 39.1 Å². The number of benzene rings is 8. The van der Waals surface area contributed by atoms with Crippen molar-refractivity contribution in [3.05, 3.63) is 305 Å². The highest BCUT2D eigenvalue weighted by molar-refractivity contribution is 9.10. The van der Waals surface area contributed by atoms with Crippen LogP contribution in [-0.4, -0.2) is 105 Å². The Balaban J connectivity index is 0.000000120. The zero-order valence-electron chi connectivity index (χ0n) is 53.7. The highest BCUT2D eigenvalue weighted by Crippen LogP contribution is 2.33. The van der Waals surface area contributed by atoms with Crippen LogP contribution in [0.2, 0.25) is 5.02 Å². The second-order valence-corrected chi connectivity index (χ2v) is 24.3. The molecule has 0 radical (unpaired) electrons. The Hall–Kier alpha value is -12.0. The van der Waals surface area contributed by atoms with E-state index in [9.17, 15) is 45.5 Å². The van der Waals surface area contributed by atoms with E-state index in [0.29, 0.717) is 84.8 Å². The summed E-state index contributed by atoms with van der Waals surface area (Å²) in [4.78, 5) is 81.3. The lowest BCUT2D eigenvalue weighted by Gasteiger charge is -2.12. The summed E-state index contributed by atoms with van der Waals surface area (Å²) < 4.78 is 92.6. The van der Waals surface area contributed by atoms with Gasteiger partial charge < -0.3 is 0 Å². The molecule has 8 heterocycles. The van der Waals surface area contributed by atoms with Crippen LogP contribution in [0.4, 0.5) is 26.3 Å². The van der Waals surface area contributed by atoms with E-state index >= 15 is 0 Å². The molecule has 4 aliphatic heterocycles. The zero-order valence-corrected chi connectivity index (χ0v) is 56.1. The number of carbonyl (C=O) groups is 4. The van der Waals surface area contributed by atoms with Crippen LogP contribution in [0.15, 0.2) is 188 Å². The molecule has 4 aromatic heterocycles. The Morgan fingerprint density at radius 2 is 0.693 bits per heavy atom. The Morgan fingerprint density at radius 1 is 0.366 bits per heavy atom. The number of aliphatic imine (C=N–C) groups is 4. The third kappa shape index (κ3) is 13.6. The van der Waals surface area contributed by atoms with Gasteiger partial charge in [0.2, 0.25) is 23.3 Å². The first-order chi connectivity index (χ1) is 48.6. The number of hydrogen-bond donors (Lipinski definition) is 0. The van der Waals surface area contributed by atoms with Gasteiger partial charge in [-0.05, 0) is 122 Å². The van der Waals surface area contributed by atoms with E-state index in [2.05, 4.69) is 76.2 Å². The van der Waals surface area contributed by atoms with Crippen molar-refractivity contribution in [1.82, 2.24) is 59.1 Å². The van der Waals surface area contributed by atoms with Gasteiger partial charge in [-0.1, -0.05) is 81.6 Å². The summed E-state index contributed by atoms with van der Waals surface area (Å²) in [6.45, 7) is 8.08. The molecule has 0 saturated carbocycles. The normalized spacial score (nSPS) is 12.8. The minimum Gasteiger partial charge on any atom is -0.291 e. The molecule has 4 aliphatic rings. The number of Topliss-reactive ketones (excluding diaryl/α,β-unsaturated/α-hetero) is 4. The predicted octanol–water partition coefficient (Wildman–Crippen LogP) is 13.8. The van der Waals surface area contributed by atoms with Crippen LogP contribution >= 0.6 is 27.5 Å². The van der Waals surface area contributed by atoms with Crippen molar-refractivity contribution in [3.8, 4) is 22.7 Å². The molecular formula is C73H50BrClF6N16O4. The lowest BCUT2D eigenvalue weighted by Crippen LogP contribution is -2.12. The number of carbonyl (C=O) groups excluding carboxylic acids is 4. The number of hydrogen-bond acceptors (Lipinski definition) is 16. The van der Waals surface area contributed by atoms with Gasteiger partial charge in [0.1, 0.15) is 34.9 Å². The highest BCUT2D eigenvalue weighted by Gasteiger charge is 2.30. The quantitative estimate of drug-likeness (QED) is 0.102. The minimum atomic E-state index is -0.730. The molecule has 20 nitrogen and oxygen atoms in total. The smallest absolute Gasteiger partial charge is 0.217 e. The average molecular weight is 1440 g/mol. The summed E-state index contributed by atoms with van der Waals surface area (Å²) in [5.74, 6) is -1.68. The van der Waals surface area contributed by atoms with E-state index in [-0.39, 0.29) is 101 Å². The van der Waals surface area contributed by atoms with Crippen LogP contribution < -0.4 is 0 Å². The van der Waals surface area contributed by atoms with Crippen molar-refractivity contribution < 1.29 is 45.5 Å². The highest BCUT2D eigenvalue weighted by atomic mass is 79.9. The molecule has 0 aliphatic carbocycles. The van der Waals surface area contributed by atoms with Crippen molar-refractivity contribution >= 4 is 73.5 Å². The largest absolute Gasteiger partial charge is 0.291 e. The molecule has 0 atom stereocenters. The topological polar surface area (TPSA) is 241 Å². The van der Waals surface area contributed by atoms with Crippen molar-refractivity contribution in [1.29, 1.82) is 0 Å². The number of rotatable bonds is 8. The van der Waals surface area contributed by atoms with Crippen molar-refractivity contribution in [2.75, 3.05) is 0 Å². The Morgan fingerprint density at radius 3 is 1.09 bits per heavy atom. The van der Waals surface area contributed by atoms with Gasteiger partial charge in [-0.15, -0.1) is 20.4 Å². The molecule has 12 aromatic rings. The van der Waals surface area contributed by atoms with Gasteiger partial charge in [0.05, 0.1) is 77.3 Å². The fraction of sp³-hybridized carbons (Fsp3) is 0.123. The molecule has 0 bridgehead atoms. The summed E-state index contributed by atoms with van der Waals surface area (Å²) in [6, 6.07) is 43.2. The van der Waals surface area contributed by atoms with Crippen LogP contribution in [-0.2, 0) is 26.2 Å². The Labute approximate surface area is 583 Å². The van der Waals surface area contributed by atoms with Crippen LogP contribution in [0.25, 0.3) is 22.7 Å². The first-order valence-electron chi connectivity index (χ1n) is 30.9. The molecule has 0 N–H and O–H groups in total. The number of aryl methyl sites for hydroxylation is 1. The van der Waals surface area contributed by atoms with Gasteiger partial charge in [-0.25, -0.2) is 65.0 Å². The molecule has 28 heteroatoms. The molecule has 502 valence electrons. The second kappa shape index (κ2) is 28.1. The third-order valence-electron chi connectivity index (χ3n) is 16.0. The summed E-state index contributed by atoms with van der Waals surface area (Å²) in [6.07, 6.45) is 0. The summed E-state index contributed by atoms with van der Waals surface area (Å²) in [7, 11) is 0. The van der Waals surface area contributed by atoms with E-state index in [0.717, 1.165) is 26.9 Å². The van der Waals surface area contributed by atoms with Crippen molar-refractivity contribution in [2.24, 2.45) is 20.0 Å². The summed E-state index contributed by atoms with van der Waals surface area (Å²) in [5.41, 5.74) is 8.16. The van der Waals surface area contributed by atoms with E-state index in [4.69, 9.17) is 11.6 Å². The second-order valence-electron chi connectivity index (χ2n) is 23.0. The fourth-order valence-corrected chi connectivity index (χ4v) is 11.9. The van der Waals surface area contributed by atoms with E-state index < -0.39 is 23.3 Å². The standard InChI is InChI=1S/C19H15FN4O.C18H12BrFN4O.C18H11ClF2N4O.C18H12F2N4O/c1-11-7-8-16-14(9-11)18(13-5-3-4-6-15(13)20)21-10-17-22-19(12(2)25)23-24(16)17;1-10(25)18-22-16-9-21-17(12-4-2-3-5-14(12)20)13-8-11(19)6-7-15(13)24(16)23-18;1-9(26)18-23-15-8-22-17(16-12(20)3-2-4-13(16)21)11-7-10(19)5-6-14(11)25(15)24-18;1-10(25)18-22-16-9-21-17(12-4-2-3-5-14(12)20)13-8-11(19)6-7-15(13)24(16)23-18/h3-9H,10H2,1-2H3;2-8H,9H2,1H3;2-7H,8H2,1H3;2-8H,9H2,1H3. The number of fused-ring (bicyclic) bond motifs is 12. The summed E-state index contributed by atoms with van der Waals surface area (Å²) in [5, 5.41) is 17.4. The van der Waals surface area contributed by atoms with E-state index in [1.165, 1.54) is 91.7 Å². The molecule has 16 rings (SSSR count). The Kier molecular flexibility index (Phi) is 18.8. The SMILES string of the molecule is CC(=O)c1nc2n(n1)-c1ccc(Br)cc1C(c1ccccc1F)=NC2.CC(=O)c1nc2n(n1)-c1ccc(C)cc1C(c1ccccc1F)=NC2.CC(=O)c1nc2n(n1)-c1ccc(Cl)cc1C(c1c(F)cccc1F)=NC2.CC(=O)c1nc2n(n1)-c1ccc(F)cc1C(c1ccccc1F)=NC2. The molecule has 0 spiro atoms. The number of nitrogens with zero attached hydrogens (tertiary/aromatic N) is 16. The zero-order chi connectivity index (χ0) is 71.1. The lowest BCUT2D eigenvalue weighted by atomic mass is 9.98. The van der Waals surface area contributed by atoms with Gasteiger partial charge in [0.15, 0.2) is 46.4 Å². The van der Waals surface area contributed by atoms with Gasteiger partial charge >= 0.3 is 0 Å². The fourth-order valence-electron chi connectivity index (χ4n) is 11.4. The van der Waals surface area contributed by atoms with Crippen molar-refractivity contribution in [3.63, 3.8) is 0 Å². The monoisotopic (exact) mass is 1440 g/mol. The maximum Gasteiger partial charge on any atom is 0.217 e. The maximum absolute atomic E-state index is 14.4. The van der Waals surface area contributed by atoms with E-state index in [1.54, 1.807) is 82.2 Å². The molecular weight excluding hydrogens is 1390 g/mol. The average Bonchev–Trinajstić information content (AvgIpc) is 1.68. The van der Waals surface area contributed by atoms with E-state index in [1.807, 2.05) is 43.3 Å². The number of ketones is 4. The van der Waals surface area contributed by atoms with Gasteiger partial charge in [0, 0.05) is 76.1 Å². The number of aromatic nitrogens is 12. The van der Waals surface area contributed by atoms with Crippen molar-refractivity contribution in [2.45, 2.75) is 60.8 Å². The number of halogens is 8. The molecule has 0 fully saturated rings. The Bertz CT molecular complexity index is 5140. The first kappa shape index (κ1) is 67.6. The van der Waals surface area contributed by atoms with Gasteiger partial charge in [-0.2, -0.15) is 0 Å². The first-order valence-corrected chi connectivity index (χ1v) is 32.0.